The predicted molar refractivity (Wildman–Crippen MR) is 90.2 cm³/mol. The SMILES string of the molecule is Cc1cc(F)ccc1-n1nc(C2CCN(C(C(F)(F)F)C(F)(F)F)CC2)nc1C. The molecule has 1 aliphatic rings. The molecule has 4 nitrogen and oxygen atoms in total. The molecule has 160 valence electrons. The molecule has 0 spiro atoms. The normalized spacial score (nSPS) is 17.3. The molecule has 3 rings (SSSR count). The molecule has 0 N–H and O–H groups in total. The van der Waals surface area contributed by atoms with Crippen molar-refractivity contribution in [2.24, 2.45) is 0 Å². The van der Waals surface area contributed by atoms with E-state index in [0.717, 1.165) is 0 Å². The Labute approximate surface area is 162 Å². The molecule has 0 unspecified atom stereocenters. The van der Waals surface area contributed by atoms with Crippen LogP contribution in [0.3, 0.4) is 0 Å². The fourth-order valence-electron chi connectivity index (χ4n) is 3.68. The summed E-state index contributed by atoms with van der Waals surface area (Å²) in [6.45, 7) is 2.65. The van der Waals surface area contributed by atoms with Gasteiger partial charge >= 0.3 is 12.4 Å². The van der Waals surface area contributed by atoms with Crippen LogP contribution in [0, 0.1) is 19.7 Å². The standard InChI is InChI=1S/C18H19F7N4/c1-10-9-13(19)3-4-14(10)29-11(2)26-15(27-29)12-5-7-28(8-6-12)16(17(20,21)22)18(23,24)25/h3-4,9,12,16H,5-8H2,1-2H3. The van der Waals surface area contributed by atoms with Gasteiger partial charge < -0.3 is 0 Å². The number of hydrogen-bond acceptors (Lipinski definition) is 3. The third-order valence-corrected chi connectivity index (χ3v) is 5.05. The second-order valence-electron chi connectivity index (χ2n) is 7.16. The number of hydrogen-bond donors (Lipinski definition) is 0. The second-order valence-corrected chi connectivity index (χ2v) is 7.16. The van der Waals surface area contributed by atoms with Crippen LogP contribution < -0.4 is 0 Å². The molecule has 2 heterocycles. The first-order valence-electron chi connectivity index (χ1n) is 8.95. The van der Waals surface area contributed by atoms with Gasteiger partial charge in [0, 0.05) is 5.92 Å². The minimum absolute atomic E-state index is 0.0779. The van der Waals surface area contributed by atoms with Crippen molar-refractivity contribution in [2.45, 2.75) is 51.0 Å². The maximum Gasteiger partial charge on any atom is 0.412 e. The summed E-state index contributed by atoms with van der Waals surface area (Å²) in [5.41, 5.74) is 1.23. The van der Waals surface area contributed by atoms with Gasteiger partial charge in [-0.3, -0.25) is 4.90 Å². The number of benzene rings is 1. The van der Waals surface area contributed by atoms with E-state index in [1.54, 1.807) is 13.8 Å². The molecular formula is C18H19F7N4. The highest BCUT2D eigenvalue weighted by Crippen LogP contribution is 2.39. The van der Waals surface area contributed by atoms with Crippen molar-refractivity contribution in [3.63, 3.8) is 0 Å². The van der Waals surface area contributed by atoms with Gasteiger partial charge in [-0.25, -0.2) is 14.1 Å². The Morgan fingerprint density at radius 1 is 1.00 bits per heavy atom. The molecule has 0 saturated carbocycles. The lowest BCUT2D eigenvalue weighted by Gasteiger charge is -2.38. The third-order valence-electron chi connectivity index (χ3n) is 5.05. The fourth-order valence-corrected chi connectivity index (χ4v) is 3.68. The van der Waals surface area contributed by atoms with Gasteiger partial charge in [0.2, 0.25) is 6.04 Å². The molecule has 0 bridgehead atoms. The number of alkyl halides is 6. The van der Waals surface area contributed by atoms with Crippen molar-refractivity contribution >= 4 is 0 Å². The number of rotatable bonds is 3. The second kappa shape index (κ2) is 7.58. The molecule has 0 aliphatic carbocycles. The summed E-state index contributed by atoms with van der Waals surface area (Å²) in [4.78, 5) is 4.76. The Morgan fingerprint density at radius 2 is 1.59 bits per heavy atom. The minimum Gasteiger partial charge on any atom is -0.285 e. The van der Waals surface area contributed by atoms with Gasteiger partial charge in [0.15, 0.2) is 5.82 Å². The third kappa shape index (κ3) is 4.54. The molecule has 0 amide bonds. The predicted octanol–water partition coefficient (Wildman–Crippen LogP) is 4.70. The maximum absolute atomic E-state index is 13.3. The van der Waals surface area contributed by atoms with Crippen LogP contribution in [0.15, 0.2) is 18.2 Å². The lowest BCUT2D eigenvalue weighted by Crippen LogP contribution is -2.56. The molecule has 29 heavy (non-hydrogen) atoms. The topological polar surface area (TPSA) is 34.0 Å². The first kappa shape index (κ1) is 21.5. The van der Waals surface area contributed by atoms with E-state index < -0.39 is 24.2 Å². The van der Waals surface area contributed by atoms with Crippen LogP contribution in [0.5, 0.6) is 0 Å². The zero-order valence-corrected chi connectivity index (χ0v) is 15.6. The van der Waals surface area contributed by atoms with Crippen LogP contribution >= 0.6 is 0 Å². The first-order valence-corrected chi connectivity index (χ1v) is 8.95. The quantitative estimate of drug-likeness (QED) is 0.671. The van der Waals surface area contributed by atoms with E-state index in [0.29, 0.717) is 27.8 Å². The van der Waals surface area contributed by atoms with Gasteiger partial charge in [-0.15, -0.1) is 0 Å². The summed E-state index contributed by atoms with van der Waals surface area (Å²) in [6.07, 6.45) is -10.6. The molecule has 2 aromatic rings. The maximum atomic E-state index is 13.3. The van der Waals surface area contributed by atoms with E-state index in [1.807, 2.05) is 0 Å². The molecule has 1 aliphatic heterocycles. The smallest absolute Gasteiger partial charge is 0.285 e. The summed E-state index contributed by atoms with van der Waals surface area (Å²) in [5, 5.41) is 4.38. The Balaban J connectivity index is 1.77. The van der Waals surface area contributed by atoms with Gasteiger partial charge in [0.1, 0.15) is 11.6 Å². The van der Waals surface area contributed by atoms with Crippen molar-refractivity contribution in [3.8, 4) is 5.69 Å². The summed E-state index contributed by atoms with van der Waals surface area (Å²) >= 11 is 0. The molecule has 0 atom stereocenters. The Kier molecular flexibility index (Phi) is 5.63. The Morgan fingerprint density at radius 3 is 2.10 bits per heavy atom. The van der Waals surface area contributed by atoms with Crippen LogP contribution in [0.2, 0.25) is 0 Å². The molecule has 1 fully saturated rings. The highest BCUT2D eigenvalue weighted by Gasteiger charge is 2.59. The number of halogens is 7. The van der Waals surface area contributed by atoms with Crippen molar-refractivity contribution in [3.05, 3.63) is 41.2 Å². The van der Waals surface area contributed by atoms with Crippen molar-refractivity contribution in [1.29, 1.82) is 0 Å². The molecule has 1 aromatic carbocycles. The number of piperidine rings is 1. The van der Waals surface area contributed by atoms with Crippen molar-refractivity contribution in [2.75, 3.05) is 13.1 Å². The van der Waals surface area contributed by atoms with Crippen LogP contribution in [-0.4, -0.2) is 51.1 Å². The molecule has 1 saturated heterocycles. The Hall–Kier alpha value is -2.17. The lowest BCUT2D eigenvalue weighted by atomic mass is 9.95. The summed E-state index contributed by atoms with van der Waals surface area (Å²) in [7, 11) is 0. The number of aromatic nitrogens is 3. The van der Waals surface area contributed by atoms with Crippen molar-refractivity contribution < 1.29 is 30.7 Å². The average molecular weight is 424 g/mol. The minimum atomic E-state index is -5.39. The largest absolute Gasteiger partial charge is 0.412 e. The number of likely N-dealkylation sites (tertiary alicyclic amines) is 1. The van der Waals surface area contributed by atoms with E-state index in [2.05, 4.69) is 10.1 Å². The monoisotopic (exact) mass is 424 g/mol. The van der Waals surface area contributed by atoms with Gasteiger partial charge in [-0.2, -0.15) is 31.4 Å². The number of aryl methyl sites for hydroxylation is 2. The van der Waals surface area contributed by atoms with Gasteiger partial charge in [0.05, 0.1) is 5.69 Å². The first-order chi connectivity index (χ1) is 13.4. The van der Waals surface area contributed by atoms with Crippen LogP contribution in [0.1, 0.15) is 36.0 Å². The van der Waals surface area contributed by atoms with Crippen molar-refractivity contribution in [1.82, 2.24) is 19.7 Å². The summed E-state index contributed by atoms with van der Waals surface area (Å²) < 4.78 is 92.3. The van der Waals surface area contributed by atoms with Crippen LogP contribution in [0.25, 0.3) is 5.69 Å². The molecular weight excluding hydrogens is 405 g/mol. The molecule has 0 radical (unpaired) electrons. The Bertz CT molecular complexity index is 850. The summed E-state index contributed by atoms with van der Waals surface area (Å²) in [6, 6.07) is 0.680. The van der Waals surface area contributed by atoms with E-state index in [9.17, 15) is 30.7 Å². The number of nitrogens with zero attached hydrogens (tertiary/aromatic N) is 4. The van der Waals surface area contributed by atoms with E-state index in [1.165, 1.54) is 22.9 Å². The zero-order chi connectivity index (χ0) is 21.6. The zero-order valence-electron chi connectivity index (χ0n) is 15.6. The van der Waals surface area contributed by atoms with E-state index in [4.69, 9.17) is 0 Å². The summed E-state index contributed by atoms with van der Waals surface area (Å²) in [5.74, 6) is 0.108. The molecule has 11 heteroatoms. The lowest BCUT2D eigenvalue weighted by molar-refractivity contribution is -0.289. The van der Waals surface area contributed by atoms with Crippen LogP contribution in [-0.2, 0) is 0 Å². The highest BCUT2D eigenvalue weighted by atomic mass is 19.4. The van der Waals surface area contributed by atoms with Gasteiger partial charge in [-0.05, 0) is 63.5 Å². The van der Waals surface area contributed by atoms with E-state index in [-0.39, 0.29) is 31.8 Å². The van der Waals surface area contributed by atoms with Gasteiger partial charge in [-0.1, -0.05) is 0 Å². The fraction of sp³-hybridized carbons (Fsp3) is 0.556. The average Bonchev–Trinajstić information content (AvgIpc) is 2.94. The van der Waals surface area contributed by atoms with Crippen LogP contribution in [0.4, 0.5) is 30.7 Å². The van der Waals surface area contributed by atoms with Gasteiger partial charge in [0.25, 0.3) is 0 Å². The molecule has 1 aromatic heterocycles. The highest BCUT2D eigenvalue weighted by molar-refractivity contribution is 5.40. The van der Waals surface area contributed by atoms with E-state index >= 15 is 0 Å².